The molecule has 2 aromatic rings. The summed E-state index contributed by atoms with van der Waals surface area (Å²) in [5.74, 6) is 0. The van der Waals surface area contributed by atoms with E-state index in [0.717, 1.165) is 11.1 Å². The third-order valence-corrected chi connectivity index (χ3v) is 6.34. The molecule has 3 nitrogen and oxygen atoms in total. The fourth-order valence-electron chi connectivity index (χ4n) is 1.88. The first kappa shape index (κ1) is 13.3. The quantitative estimate of drug-likeness (QED) is 0.936. The molecule has 1 aromatic carbocycles. The normalized spacial score (nSPS) is 13.4. The van der Waals surface area contributed by atoms with Gasteiger partial charge in [0.05, 0.1) is 0 Å². The lowest BCUT2D eigenvalue weighted by Crippen LogP contribution is -2.21. The SMILES string of the molecule is Cc1cccc([C@H](CN)S(=O)(=O)c2cccs2)c1. The highest BCUT2D eigenvalue weighted by Crippen LogP contribution is 2.30. The molecule has 0 spiro atoms. The van der Waals surface area contributed by atoms with Gasteiger partial charge >= 0.3 is 0 Å². The minimum Gasteiger partial charge on any atom is -0.329 e. The molecule has 0 aliphatic heterocycles. The lowest BCUT2D eigenvalue weighted by Gasteiger charge is -2.15. The van der Waals surface area contributed by atoms with Crippen LogP contribution in [0, 0.1) is 6.92 Å². The van der Waals surface area contributed by atoms with Crippen LogP contribution in [0.4, 0.5) is 0 Å². The van der Waals surface area contributed by atoms with E-state index in [-0.39, 0.29) is 6.54 Å². The zero-order valence-electron chi connectivity index (χ0n) is 10.0. The van der Waals surface area contributed by atoms with Crippen LogP contribution in [-0.4, -0.2) is 15.0 Å². The van der Waals surface area contributed by atoms with Crippen molar-refractivity contribution in [1.29, 1.82) is 0 Å². The number of rotatable bonds is 4. The second-order valence-electron chi connectivity index (χ2n) is 4.12. The number of benzene rings is 1. The molecule has 0 saturated heterocycles. The monoisotopic (exact) mass is 281 g/mol. The highest BCUT2D eigenvalue weighted by molar-refractivity contribution is 7.93. The van der Waals surface area contributed by atoms with Gasteiger partial charge in [0.1, 0.15) is 9.46 Å². The molecule has 0 unspecified atom stereocenters. The first-order valence-corrected chi connectivity index (χ1v) is 8.02. The summed E-state index contributed by atoms with van der Waals surface area (Å²) in [6, 6.07) is 10.9. The van der Waals surface area contributed by atoms with Crippen LogP contribution in [0.5, 0.6) is 0 Å². The Bertz CT molecular complexity index is 618. The molecule has 18 heavy (non-hydrogen) atoms. The van der Waals surface area contributed by atoms with Gasteiger partial charge in [0, 0.05) is 6.54 Å². The van der Waals surface area contributed by atoms with Gasteiger partial charge in [-0.2, -0.15) is 0 Å². The average molecular weight is 281 g/mol. The van der Waals surface area contributed by atoms with Crippen LogP contribution in [-0.2, 0) is 9.84 Å². The topological polar surface area (TPSA) is 60.2 Å². The van der Waals surface area contributed by atoms with Gasteiger partial charge in [-0.15, -0.1) is 11.3 Å². The molecular formula is C13H15NO2S2. The number of aryl methyl sites for hydroxylation is 1. The molecule has 2 rings (SSSR count). The van der Waals surface area contributed by atoms with E-state index in [1.807, 2.05) is 31.2 Å². The summed E-state index contributed by atoms with van der Waals surface area (Å²) >= 11 is 1.23. The molecule has 0 saturated carbocycles. The zero-order chi connectivity index (χ0) is 13.2. The van der Waals surface area contributed by atoms with Crippen LogP contribution in [0.2, 0.25) is 0 Å². The van der Waals surface area contributed by atoms with Crippen molar-refractivity contribution in [2.75, 3.05) is 6.54 Å². The summed E-state index contributed by atoms with van der Waals surface area (Å²) in [6.07, 6.45) is 0. The van der Waals surface area contributed by atoms with Gasteiger partial charge in [-0.3, -0.25) is 0 Å². The molecule has 2 N–H and O–H groups in total. The summed E-state index contributed by atoms with van der Waals surface area (Å²) in [4.78, 5) is 0. The summed E-state index contributed by atoms with van der Waals surface area (Å²) in [5, 5.41) is 1.09. The maximum Gasteiger partial charge on any atom is 0.195 e. The smallest absolute Gasteiger partial charge is 0.195 e. The third-order valence-electron chi connectivity index (χ3n) is 2.78. The van der Waals surface area contributed by atoms with Gasteiger partial charge in [0.15, 0.2) is 9.84 Å². The van der Waals surface area contributed by atoms with Crippen LogP contribution in [0.15, 0.2) is 46.0 Å². The molecule has 0 fully saturated rings. The summed E-state index contributed by atoms with van der Waals surface area (Å²) in [6.45, 7) is 2.03. The molecule has 96 valence electrons. The molecular weight excluding hydrogens is 266 g/mol. The number of sulfone groups is 1. The van der Waals surface area contributed by atoms with Gasteiger partial charge in [-0.05, 0) is 23.9 Å². The fourth-order valence-corrected chi connectivity index (χ4v) is 4.68. The summed E-state index contributed by atoms with van der Waals surface area (Å²) < 4.78 is 25.3. The Morgan fingerprint density at radius 3 is 2.61 bits per heavy atom. The van der Waals surface area contributed by atoms with Gasteiger partial charge in [-0.1, -0.05) is 35.9 Å². The molecule has 0 radical (unpaired) electrons. The minimum atomic E-state index is -3.38. The van der Waals surface area contributed by atoms with E-state index in [2.05, 4.69) is 0 Å². The Labute approximate surface area is 111 Å². The molecule has 1 atom stereocenters. The lowest BCUT2D eigenvalue weighted by molar-refractivity contribution is 0.584. The molecule has 0 aliphatic rings. The number of thiophene rings is 1. The number of hydrogen-bond donors (Lipinski definition) is 1. The Balaban J connectivity index is 2.47. The minimum absolute atomic E-state index is 0.0870. The van der Waals surface area contributed by atoms with Crippen LogP contribution in [0.3, 0.4) is 0 Å². The molecule has 0 bridgehead atoms. The van der Waals surface area contributed by atoms with Crippen molar-refractivity contribution in [3.8, 4) is 0 Å². The third kappa shape index (κ3) is 2.48. The highest BCUT2D eigenvalue weighted by Gasteiger charge is 2.28. The zero-order valence-corrected chi connectivity index (χ0v) is 11.7. The van der Waals surface area contributed by atoms with Crippen LogP contribution >= 0.6 is 11.3 Å². The second-order valence-corrected chi connectivity index (χ2v) is 7.42. The first-order valence-electron chi connectivity index (χ1n) is 5.59. The Kier molecular flexibility index (Phi) is 3.85. The molecule has 0 amide bonds. The predicted molar refractivity (Wildman–Crippen MR) is 74.5 cm³/mol. The summed E-state index contributed by atoms with van der Waals surface area (Å²) in [5.41, 5.74) is 7.46. The standard InChI is InChI=1S/C13H15NO2S2/c1-10-4-2-5-11(8-10)12(9-14)18(15,16)13-6-3-7-17-13/h2-8,12H,9,14H2,1H3/t12-/m0/s1. The molecule has 0 aliphatic carbocycles. The maximum atomic E-state index is 12.5. The van der Waals surface area contributed by atoms with E-state index in [4.69, 9.17) is 5.73 Å². The van der Waals surface area contributed by atoms with Crippen LogP contribution in [0.25, 0.3) is 0 Å². The lowest BCUT2D eigenvalue weighted by atomic mass is 10.1. The van der Waals surface area contributed by atoms with Gasteiger partial charge in [-0.25, -0.2) is 8.42 Å². The Morgan fingerprint density at radius 2 is 2.06 bits per heavy atom. The van der Waals surface area contributed by atoms with Gasteiger partial charge < -0.3 is 5.73 Å². The van der Waals surface area contributed by atoms with Crippen LogP contribution in [0.1, 0.15) is 16.4 Å². The molecule has 5 heteroatoms. The molecule has 1 heterocycles. The van der Waals surface area contributed by atoms with Crippen molar-refractivity contribution in [3.05, 3.63) is 52.9 Å². The van der Waals surface area contributed by atoms with Gasteiger partial charge in [0.2, 0.25) is 0 Å². The second kappa shape index (κ2) is 5.22. The van der Waals surface area contributed by atoms with Crippen molar-refractivity contribution >= 4 is 21.2 Å². The van der Waals surface area contributed by atoms with E-state index in [0.29, 0.717) is 4.21 Å². The largest absolute Gasteiger partial charge is 0.329 e. The fraction of sp³-hybridized carbons (Fsp3) is 0.231. The average Bonchev–Trinajstić information content (AvgIpc) is 2.83. The van der Waals surface area contributed by atoms with Crippen molar-refractivity contribution in [2.24, 2.45) is 5.73 Å². The van der Waals surface area contributed by atoms with Crippen LogP contribution < -0.4 is 5.73 Å². The number of hydrogen-bond acceptors (Lipinski definition) is 4. The first-order chi connectivity index (χ1) is 8.55. The van der Waals surface area contributed by atoms with Crippen molar-refractivity contribution < 1.29 is 8.42 Å². The Hall–Kier alpha value is -1.17. The van der Waals surface area contributed by atoms with E-state index >= 15 is 0 Å². The van der Waals surface area contributed by atoms with Crippen molar-refractivity contribution in [2.45, 2.75) is 16.4 Å². The van der Waals surface area contributed by atoms with E-state index in [1.165, 1.54) is 11.3 Å². The molecule has 1 aromatic heterocycles. The number of nitrogens with two attached hydrogens (primary N) is 1. The van der Waals surface area contributed by atoms with Crippen molar-refractivity contribution in [3.63, 3.8) is 0 Å². The van der Waals surface area contributed by atoms with E-state index in [1.54, 1.807) is 17.5 Å². The highest BCUT2D eigenvalue weighted by atomic mass is 32.2. The summed E-state index contributed by atoms with van der Waals surface area (Å²) in [7, 11) is -3.38. The van der Waals surface area contributed by atoms with E-state index in [9.17, 15) is 8.42 Å². The van der Waals surface area contributed by atoms with Gasteiger partial charge in [0.25, 0.3) is 0 Å². The van der Waals surface area contributed by atoms with Crippen molar-refractivity contribution in [1.82, 2.24) is 0 Å². The predicted octanol–water partition coefficient (Wildman–Crippen LogP) is 2.53. The Morgan fingerprint density at radius 1 is 1.28 bits per heavy atom. The van der Waals surface area contributed by atoms with E-state index < -0.39 is 15.1 Å². The maximum absolute atomic E-state index is 12.5.